The van der Waals surface area contributed by atoms with E-state index in [-0.39, 0.29) is 30.1 Å². The molecule has 0 aromatic rings. The number of fused-ring (bicyclic) bond motifs is 1. The molecule has 2 saturated heterocycles. The Morgan fingerprint density at radius 1 is 1.26 bits per heavy atom. The van der Waals surface area contributed by atoms with Crippen molar-refractivity contribution >= 4 is 11.9 Å². The van der Waals surface area contributed by atoms with Crippen LogP contribution in [0.4, 0.5) is 0 Å². The van der Waals surface area contributed by atoms with Gasteiger partial charge in [-0.1, -0.05) is 12.8 Å². The van der Waals surface area contributed by atoms with Gasteiger partial charge in [-0.25, -0.2) is 4.79 Å². The minimum atomic E-state index is -0.401. The average molecular weight is 267 g/mol. The van der Waals surface area contributed by atoms with E-state index < -0.39 is 6.04 Å². The van der Waals surface area contributed by atoms with Gasteiger partial charge in [0.2, 0.25) is 0 Å². The van der Waals surface area contributed by atoms with E-state index in [0.29, 0.717) is 5.92 Å². The zero-order valence-electron chi connectivity index (χ0n) is 11.5. The van der Waals surface area contributed by atoms with Gasteiger partial charge in [0.05, 0.1) is 13.2 Å². The van der Waals surface area contributed by atoms with Crippen LogP contribution < -0.4 is 0 Å². The molecule has 0 spiro atoms. The summed E-state index contributed by atoms with van der Waals surface area (Å²) in [6, 6.07) is -0.191. The number of likely N-dealkylation sites (tertiary alicyclic amines) is 1. The van der Waals surface area contributed by atoms with Crippen LogP contribution in [0.15, 0.2) is 0 Å². The van der Waals surface area contributed by atoms with Crippen LogP contribution in [0, 0.1) is 5.92 Å². The van der Waals surface area contributed by atoms with E-state index in [1.54, 1.807) is 4.90 Å². The van der Waals surface area contributed by atoms with Gasteiger partial charge in [-0.3, -0.25) is 4.79 Å². The zero-order chi connectivity index (χ0) is 13.6. The van der Waals surface area contributed by atoms with E-state index >= 15 is 0 Å². The van der Waals surface area contributed by atoms with Crippen LogP contribution in [0.3, 0.4) is 0 Å². The largest absolute Gasteiger partial charge is 0.467 e. The molecule has 1 saturated carbocycles. The van der Waals surface area contributed by atoms with Crippen molar-refractivity contribution in [3.05, 3.63) is 0 Å². The highest BCUT2D eigenvalue weighted by molar-refractivity contribution is 5.89. The molecule has 0 N–H and O–H groups in total. The molecule has 0 aromatic heterocycles. The monoisotopic (exact) mass is 267 g/mol. The number of ether oxygens (including phenoxy) is 2. The SMILES string of the molecule is COC(=O)[C@@H]1C[C@@H]2CCCC[C@@H]2N1C(=O)[C@@H]1O[C@H]1C. The van der Waals surface area contributed by atoms with Gasteiger partial charge in [0.1, 0.15) is 6.04 Å². The van der Waals surface area contributed by atoms with Gasteiger partial charge >= 0.3 is 5.97 Å². The number of hydrogen-bond donors (Lipinski definition) is 0. The Morgan fingerprint density at radius 2 is 1.95 bits per heavy atom. The maximum atomic E-state index is 12.5. The summed E-state index contributed by atoms with van der Waals surface area (Å²) >= 11 is 0. The second-order valence-corrected chi connectivity index (χ2v) is 5.89. The molecule has 3 rings (SSSR count). The van der Waals surface area contributed by atoms with Gasteiger partial charge in [-0.05, 0) is 32.1 Å². The topological polar surface area (TPSA) is 59.1 Å². The van der Waals surface area contributed by atoms with E-state index in [2.05, 4.69) is 0 Å². The fourth-order valence-corrected chi connectivity index (χ4v) is 3.72. The number of hydrogen-bond acceptors (Lipinski definition) is 4. The highest BCUT2D eigenvalue weighted by Gasteiger charge is 2.53. The highest BCUT2D eigenvalue weighted by Crippen LogP contribution is 2.41. The van der Waals surface area contributed by atoms with Crippen LogP contribution in [-0.2, 0) is 19.1 Å². The lowest BCUT2D eigenvalue weighted by molar-refractivity contribution is -0.152. The molecule has 0 unspecified atom stereocenters. The third-order valence-electron chi connectivity index (χ3n) is 4.77. The van der Waals surface area contributed by atoms with Crippen molar-refractivity contribution in [2.24, 2.45) is 5.92 Å². The van der Waals surface area contributed by atoms with E-state index in [1.165, 1.54) is 13.5 Å². The Bertz CT molecular complexity index is 397. The lowest BCUT2D eigenvalue weighted by Gasteiger charge is -2.33. The second kappa shape index (κ2) is 4.78. The Labute approximate surface area is 113 Å². The van der Waals surface area contributed by atoms with Gasteiger partial charge in [-0.2, -0.15) is 0 Å². The summed E-state index contributed by atoms with van der Waals surface area (Å²) in [7, 11) is 1.39. The Hall–Kier alpha value is -1.10. The Balaban J connectivity index is 1.82. The molecule has 1 aliphatic carbocycles. The molecular weight excluding hydrogens is 246 g/mol. The van der Waals surface area contributed by atoms with Gasteiger partial charge < -0.3 is 14.4 Å². The summed E-state index contributed by atoms with van der Waals surface area (Å²) in [6.45, 7) is 1.89. The summed E-state index contributed by atoms with van der Waals surface area (Å²) in [4.78, 5) is 26.2. The molecule has 0 aromatic carbocycles. The average Bonchev–Trinajstić information content (AvgIpc) is 3.03. The van der Waals surface area contributed by atoms with Crippen LogP contribution in [0.2, 0.25) is 0 Å². The van der Waals surface area contributed by atoms with Crippen LogP contribution in [-0.4, -0.2) is 48.2 Å². The summed E-state index contributed by atoms with van der Waals surface area (Å²) in [5.41, 5.74) is 0. The molecule has 0 radical (unpaired) electrons. The molecule has 5 nitrogen and oxygen atoms in total. The second-order valence-electron chi connectivity index (χ2n) is 5.89. The minimum Gasteiger partial charge on any atom is -0.467 e. The number of esters is 1. The molecule has 1 amide bonds. The number of amides is 1. The smallest absolute Gasteiger partial charge is 0.328 e. The molecule has 19 heavy (non-hydrogen) atoms. The summed E-state index contributed by atoms with van der Waals surface area (Å²) in [6.07, 6.45) is 4.87. The standard InChI is InChI=1S/C14H21NO4/c1-8-12(19-8)13(16)15-10-6-4-3-5-9(10)7-11(15)14(17)18-2/h8-12H,3-7H2,1-2H3/t8-,9-,10-,11-,12+/m0/s1. The van der Waals surface area contributed by atoms with Crippen molar-refractivity contribution < 1.29 is 19.1 Å². The Morgan fingerprint density at radius 3 is 2.58 bits per heavy atom. The third kappa shape index (κ3) is 2.14. The van der Waals surface area contributed by atoms with Crippen molar-refractivity contribution in [2.75, 3.05) is 7.11 Å². The molecule has 5 atom stereocenters. The highest BCUT2D eigenvalue weighted by atomic mass is 16.6. The van der Waals surface area contributed by atoms with Crippen LogP contribution in [0.5, 0.6) is 0 Å². The lowest BCUT2D eigenvalue weighted by Crippen LogP contribution is -2.48. The summed E-state index contributed by atoms with van der Waals surface area (Å²) < 4.78 is 10.2. The van der Waals surface area contributed by atoms with Crippen molar-refractivity contribution in [1.29, 1.82) is 0 Å². The number of epoxide rings is 1. The molecule has 5 heteroatoms. The normalized spacial score (nSPS) is 40.7. The van der Waals surface area contributed by atoms with Crippen LogP contribution >= 0.6 is 0 Å². The molecular formula is C14H21NO4. The Kier molecular flexibility index (Phi) is 3.25. The number of rotatable bonds is 2. The van der Waals surface area contributed by atoms with Gasteiger partial charge in [0, 0.05) is 6.04 Å². The maximum absolute atomic E-state index is 12.5. The first-order valence-electron chi connectivity index (χ1n) is 7.19. The van der Waals surface area contributed by atoms with Crippen molar-refractivity contribution in [3.8, 4) is 0 Å². The van der Waals surface area contributed by atoms with Crippen LogP contribution in [0.1, 0.15) is 39.0 Å². The molecule has 3 fully saturated rings. The number of carbonyl (C=O) groups is 2. The zero-order valence-corrected chi connectivity index (χ0v) is 11.5. The maximum Gasteiger partial charge on any atom is 0.328 e. The third-order valence-corrected chi connectivity index (χ3v) is 4.77. The molecule has 2 aliphatic heterocycles. The summed E-state index contributed by atoms with van der Waals surface area (Å²) in [5.74, 6) is 0.157. The minimum absolute atomic E-state index is 0.00608. The first-order chi connectivity index (χ1) is 9.13. The van der Waals surface area contributed by atoms with Crippen molar-refractivity contribution in [3.63, 3.8) is 0 Å². The fourth-order valence-electron chi connectivity index (χ4n) is 3.72. The van der Waals surface area contributed by atoms with Gasteiger partial charge in [-0.15, -0.1) is 0 Å². The van der Waals surface area contributed by atoms with E-state index in [1.807, 2.05) is 6.92 Å². The van der Waals surface area contributed by atoms with E-state index in [9.17, 15) is 9.59 Å². The fraction of sp³-hybridized carbons (Fsp3) is 0.857. The molecule has 2 heterocycles. The van der Waals surface area contributed by atoms with Crippen molar-refractivity contribution in [2.45, 2.75) is 63.3 Å². The van der Waals surface area contributed by atoms with E-state index in [4.69, 9.17) is 9.47 Å². The molecule has 3 aliphatic rings. The van der Waals surface area contributed by atoms with Crippen LogP contribution in [0.25, 0.3) is 0 Å². The molecule has 106 valence electrons. The quantitative estimate of drug-likeness (QED) is 0.555. The first-order valence-corrected chi connectivity index (χ1v) is 7.19. The number of methoxy groups -OCH3 is 1. The predicted octanol–water partition coefficient (Wildman–Crippen LogP) is 1.11. The molecule has 0 bridgehead atoms. The number of nitrogens with zero attached hydrogens (tertiary/aromatic N) is 1. The van der Waals surface area contributed by atoms with Gasteiger partial charge in [0.25, 0.3) is 5.91 Å². The van der Waals surface area contributed by atoms with Gasteiger partial charge in [0.15, 0.2) is 6.10 Å². The lowest BCUT2D eigenvalue weighted by atomic mass is 9.84. The predicted molar refractivity (Wildman–Crippen MR) is 67.3 cm³/mol. The van der Waals surface area contributed by atoms with Crippen molar-refractivity contribution in [1.82, 2.24) is 4.90 Å². The first kappa shape index (κ1) is 12.9. The number of carbonyl (C=O) groups excluding carboxylic acids is 2. The summed E-state index contributed by atoms with van der Waals surface area (Å²) in [5, 5.41) is 0. The van der Waals surface area contributed by atoms with E-state index in [0.717, 1.165) is 25.7 Å².